The Hall–Kier alpha value is -2.46. The number of rotatable bonds is 1. The maximum absolute atomic E-state index is 12.8. The summed E-state index contributed by atoms with van der Waals surface area (Å²) in [5.41, 5.74) is 0.811. The fourth-order valence-corrected chi connectivity index (χ4v) is 4.41. The van der Waals surface area contributed by atoms with Crippen LogP contribution in [0.3, 0.4) is 0 Å². The van der Waals surface area contributed by atoms with Crippen molar-refractivity contribution in [1.82, 2.24) is 4.90 Å². The van der Waals surface area contributed by atoms with Crippen molar-refractivity contribution in [2.24, 2.45) is 11.8 Å². The van der Waals surface area contributed by atoms with Gasteiger partial charge in [-0.2, -0.15) is 0 Å². The Morgan fingerprint density at radius 2 is 1.58 bits per heavy atom. The molecule has 2 amide bonds. The summed E-state index contributed by atoms with van der Waals surface area (Å²) in [7, 11) is 1.51. The van der Waals surface area contributed by atoms with Crippen LogP contribution in [0.5, 0.6) is 0 Å². The van der Waals surface area contributed by atoms with E-state index in [1.807, 2.05) is 61.5 Å². The summed E-state index contributed by atoms with van der Waals surface area (Å²) < 4.78 is 0. The zero-order valence-electron chi connectivity index (χ0n) is 13.6. The second kappa shape index (κ2) is 5.02. The van der Waals surface area contributed by atoms with Crippen LogP contribution in [0, 0.1) is 11.8 Å². The Kier molecular flexibility index (Phi) is 3.15. The van der Waals surface area contributed by atoms with Crippen LogP contribution in [0.2, 0.25) is 0 Å². The first-order valence-corrected chi connectivity index (χ1v) is 8.16. The van der Waals surface area contributed by atoms with Crippen molar-refractivity contribution in [2.45, 2.75) is 18.4 Å². The highest BCUT2D eigenvalue weighted by molar-refractivity contribution is 6.06. The summed E-state index contributed by atoms with van der Waals surface area (Å²) in [6.07, 6.45) is 0. The topological polar surface area (TPSA) is 57.6 Å². The standard InChI is InChI=1S/C20H19NO3/c1-12-14-10-6-7-11-15(14)20(24,13-8-4-3-5-9-13)17-16(12)18(22)21(2)19(17)23/h3-12,16-17,24H,1-2H3. The van der Waals surface area contributed by atoms with Crippen LogP contribution < -0.4 is 0 Å². The first-order chi connectivity index (χ1) is 11.5. The Morgan fingerprint density at radius 3 is 2.29 bits per heavy atom. The van der Waals surface area contributed by atoms with E-state index in [0.29, 0.717) is 5.56 Å². The SMILES string of the molecule is CC1c2ccccc2C(O)(c2ccccc2)C2C(=O)N(C)C(=O)C12. The number of nitrogens with zero attached hydrogens (tertiary/aromatic N) is 1. The predicted molar refractivity (Wildman–Crippen MR) is 89.1 cm³/mol. The molecule has 1 N–H and O–H groups in total. The van der Waals surface area contributed by atoms with Crippen LogP contribution in [0.1, 0.15) is 29.5 Å². The van der Waals surface area contributed by atoms with Gasteiger partial charge in [0.15, 0.2) is 0 Å². The van der Waals surface area contributed by atoms with Crippen LogP contribution in [0.4, 0.5) is 0 Å². The number of benzene rings is 2. The molecule has 1 saturated heterocycles. The Morgan fingerprint density at radius 1 is 0.958 bits per heavy atom. The zero-order chi connectivity index (χ0) is 17.1. The lowest BCUT2D eigenvalue weighted by molar-refractivity contribution is -0.140. The molecule has 1 fully saturated rings. The Bertz CT molecular complexity index is 832. The van der Waals surface area contributed by atoms with E-state index in [2.05, 4.69) is 0 Å². The molecular weight excluding hydrogens is 302 g/mol. The predicted octanol–water partition coefficient (Wildman–Crippen LogP) is 2.27. The van der Waals surface area contributed by atoms with E-state index in [1.165, 1.54) is 11.9 Å². The van der Waals surface area contributed by atoms with Crippen molar-refractivity contribution >= 4 is 11.8 Å². The van der Waals surface area contributed by atoms with Crippen molar-refractivity contribution in [1.29, 1.82) is 0 Å². The van der Waals surface area contributed by atoms with Gasteiger partial charge in [-0.15, -0.1) is 0 Å². The number of likely N-dealkylation sites (tertiary alicyclic amines) is 1. The molecule has 2 aliphatic rings. The van der Waals surface area contributed by atoms with E-state index in [0.717, 1.165) is 11.1 Å². The lowest BCUT2D eigenvalue weighted by atomic mass is 9.60. The molecule has 0 radical (unpaired) electrons. The number of fused-ring (bicyclic) bond motifs is 2. The van der Waals surface area contributed by atoms with Gasteiger partial charge in [0.1, 0.15) is 5.60 Å². The highest BCUT2D eigenvalue weighted by Gasteiger charge is 2.62. The fourth-order valence-electron chi connectivity index (χ4n) is 4.41. The number of carbonyl (C=O) groups is 2. The summed E-state index contributed by atoms with van der Waals surface area (Å²) >= 11 is 0. The van der Waals surface area contributed by atoms with Crippen LogP contribution in [0.15, 0.2) is 54.6 Å². The van der Waals surface area contributed by atoms with Gasteiger partial charge in [-0.1, -0.05) is 61.5 Å². The van der Waals surface area contributed by atoms with Gasteiger partial charge in [-0.25, -0.2) is 0 Å². The smallest absolute Gasteiger partial charge is 0.236 e. The molecule has 1 heterocycles. The van der Waals surface area contributed by atoms with Gasteiger partial charge in [-0.05, 0) is 22.6 Å². The first-order valence-electron chi connectivity index (χ1n) is 8.16. The molecule has 122 valence electrons. The van der Waals surface area contributed by atoms with E-state index >= 15 is 0 Å². The maximum atomic E-state index is 12.8. The van der Waals surface area contributed by atoms with Crippen molar-refractivity contribution in [2.75, 3.05) is 7.05 Å². The van der Waals surface area contributed by atoms with E-state index in [1.54, 1.807) is 0 Å². The Balaban J connectivity index is 2.04. The number of aliphatic hydroxyl groups is 1. The average Bonchev–Trinajstić information content (AvgIpc) is 2.85. The fraction of sp³-hybridized carbons (Fsp3) is 0.300. The molecule has 1 aliphatic carbocycles. The zero-order valence-corrected chi connectivity index (χ0v) is 13.6. The first kappa shape index (κ1) is 15.1. The van der Waals surface area contributed by atoms with Crippen molar-refractivity contribution in [3.05, 3.63) is 71.3 Å². The van der Waals surface area contributed by atoms with Gasteiger partial charge in [0.25, 0.3) is 0 Å². The third-order valence-electron chi connectivity index (χ3n) is 5.64. The van der Waals surface area contributed by atoms with Crippen molar-refractivity contribution in [3.8, 4) is 0 Å². The number of amides is 2. The van der Waals surface area contributed by atoms with Crippen molar-refractivity contribution < 1.29 is 14.7 Å². The van der Waals surface area contributed by atoms with Crippen molar-refractivity contribution in [3.63, 3.8) is 0 Å². The molecular formula is C20H19NO3. The summed E-state index contributed by atoms with van der Waals surface area (Å²) in [5.74, 6) is -1.96. The summed E-state index contributed by atoms with van der Waals surface area (Å²) in [5, 5.41) is 11.8. The summed E-state index contributed by atoms with van der Waals surface area (Å²) in [6.45, 7) is 1.96. The maximum Gasteiger partial charge on any atom is 0.236 e. The molecule has 4 heteroatoms. The minimum absolute atomic E-state index is 0.114. The highest BCUT2D eigenvalue weighted by Crippen LogP contribution is 2.54. The van der Waals surface area contributed by atoms with E-state index in [9.17, 15) is 14.7 Å². The number of imide groups is 1. The van der Waals surface area contributed by atoms with Gasteiger partial charge in [0.05, 0.1) is 11.8 Å². The van der Waals surface area contributed by atoms with Gasteiger partial charge >= 0.3 is 0 Å². The molecule has 1 aliphatic heterocycles. The summed E-state index contributed by atoms with van der Waals surface area (Å²) in [6, 6.07) is 16.8. The van der Waals surface area contributed by atoms with E-state index in [-0.39, 0.29) is 17.7 Å². The van der Waals surface area contributed by atoms with Gasteiger partial charge in [0.2, 0.25) is 11.8 Å². The minimum atomic E-state index is -1.49. The molecule has 4 unspecified atom stereocenters. The van der Waals surface area contributed by atoms with E-state index in [4.69, 9.17) is 0 Å². The highest BCUT2D eigenvalue weighted by atomic mass is 16.3. The number of carbonyl (C=O) groups excluding carboxylic acids is 2. The molecule has 0 saturated carbocycles. The molecule has 0 spiro atoms. The quantitative estimate of drug-likeness (QED) is 0.820. The number of hydrogen-bond donors (Lipinski definition) is 1. The van der Waals surface area contributed by atoms with Crippen LogP contribution in [0.25, 0.3) is 0 Å². The van der Waals surface area contributed by atoms with Crippen LogP contribution in [-0.2, 0) is 15.2 Å². The second-order valence-electron chi connectivity index (χ2n) is 6.75. The van der Waals surface area contributed by atoms with Gasteiger partial charge in [-0.3, -0.25) is 14.5 Å². The van der Waals surface area contributed by atoms with Gasteiger partial charge < -0.3 is 5.11 Å². The average molecular weight is 321 g/mol. The lowest BCUT2D eigenvalue weighted by Crippen LogP contribution is -2.48. The molecule has 0 bridgehead atoms. The van der Waals surface area contributed by atoms with Crippen LogP contribution in [-0.4, -0.2) is 28.9 Å². The Labute approximate surface area is 140 Å². The molecule has 4 nitrogen and oxygen atoms in total. The third-order valence-corrected chi connectivity index (χ3v) is 5.64. The molecule has 2 aromatic carbocycles. The molecule has 0 aromatic heterocycles. The second-order valence-corrected chi connectivity index (χ2v) is 6.75. The summed E-state index contributed by atoms with van der Waals surface area (Å²) in [4.78, 5) is 26.7. The van der Waals surface area contributed by atoms with Crippen LogP contribution >= 0.6 is 0 Å². The molecule has 24 heavy (non-hydrogen) atoms. The van der Waals surface area contributed by atoms with E-state index < -0.39 is 17.4 Å². The van der Waals surface area contributed by atoms with Gasteiger partial charge in [0, 0.05) is 7.05 Å². The molecule has 4 atom stereocenters. The molecule has 4 rings (SSSR count). The monoisotopic (exact) mass is 321 g/mol. The molecule has 2 aromatic rings. The third kappa shape index (κ3) is 1.72. The normalized spacial score (nSPS) is 31.8. The largest absolute Gasteiger partial charge is 0.380 e. The number of hydrogen-bond acceptors (Lipinski definition) is 3. The minimum Gasteiger partial charge on any atom is -0.380 e. The lowest BCUT2D eigenvalue weighted by Gasteiger charge is -2.43.